The summed E-state index contributed by atoms with van der Waals surface area (Å²) < 4.78 is 0. The van der Waals surface area contributed by atoms with Crippen molar-refractivity contribution in [2.45, 2.75) is 25.7 Å². The van der Waals surface area contributed by atoms with Gasteiger partial charge in [0.15, 0.2) is 0 Å². The van der Waals surface area contributed by atoms with Crippen LogP contribution in [0.2, 0.25) is 13.1 Å². The molecule has 0 N–H and O–H groups in total. The Kier molecular flexibility index (Phi) is 3.49. The minimum absolute atomic E-state index is 0.0951. The third-order valence-electron chi connectivity index (χ3n) is 4.78. The molecule has 1 aliphatic rings. The predicted molar refractivity (Wildman–Crippen MR) is 90.0 cm³/mol. The quantitative estimate of drug-likeness (QED) is 0.646. The molecule has 1 unspecified atom stereocenters. The van der Waals surface area contributed by atoms with Crippen LogP contribution < -0.4 is 5.19 Å². The molecule has 0 aliphatic carbocycles. The summed E-state index contributed by atoms with van der Waals surface area (Å²) >= 11 is 0. The lowest BCUT2D eigenvalue weighted by atomic mass is 10.1. The lowest BCUT2D eigenvalue weighted by Crippen LogP contribution is -2.60. The zero-order chi connectivity index (χ0) is 15.9. The van der Waals surface area contributed by atoms with Crippen molar-refractivity contribution in [3.63, 3.8) is 0 Å². The maximum atomic E-state index is 12.7. The molecule has 1 aliphatic heterocycles. The number of hydrogen-bond donors (Lipinski definition) is 0. The minimum Gasteiger partial charge on any atom is -0.274 e. The van der Waals surface area contributed by atoms with E-state index in [1.165, 1.54) is 10.1 Å². The van der Waals surface area contributed by atoms with Gasteiger partial charge in [-0.3, -0.25) is 14.5 Å². The van der Waals surface area contributed by atoms with E-state index < -0.39 is 8.07 Å². The first-order valence-corrected chi connectivity index (χ1v) is 10.5. The van der Waals surface area contributed by atoms with E-state index in [1.807, 2.05) is 25.1 Å². The maximum absolute atomic E-state index is 12.7. The van der Waals surface area contributed by atoms with Crippen LogP contribution in [0.4, 0.5) is 0 Å². The second kappa shape index (κ2) is 5.21. The van der Waals surface area contributed by atoms with Crippen LogP contribution in [0.25, 0.3) is 0 Å². The van der Waals surface area contributed by atoms with Crippen LogP contribution in [-0.4, -0.2) is 30.5 Å². The van der Waals surface area contributed by atoms with Crippen LogP contribution in [0, 0.1) is 0 Å². The molecule has 2 aromatic carbocycles. The highest BCUT2D eigenvalue weighted by Gasteiger charge is 2.44. The molecule has 0 radical (unpaired) electrons. The summed E-state index contributed by atoms with van der Waals surface area (Å²) in [5.74, 6) is -0.325. The molecule has 1 heterocycles. The Morgan fingerprint density at radius 1 is 0.818 bits per heavy atom. The Hall–Kier alpha value is -2.20. The van der Waals surface area contributed by atoms with Crippen LogP contribution in [0.5, 0.6) is 0 Å². The van der Waals surface area contributed by atoms with E-state index in [4.69, 9.17) is 0 Å². The normalized spacial score (nSPS) is 15.9. The second-order valence-electron chi connectivity index (χ2n) is 6.29. The Labute approximate surface area is 131 Å². The van der Waals surface area contributed by atoms with E-state index in [0.29, 0.717) is 11.1 Å². The third-order valence-corrected chi connectivity index (χ3v) is 8.94. The van der Waals surface area contributed by atoms with Crippen molar-refractivity contribution in [3.05, 3.63) is 65.7 Å². The largest absolute Gasteiger partial charge is 0.274 e. The Morgan fingerprint density at radius 3 is 1.77 bits per heavy atom. The number of nitrogens with zero attached hydrogens (tertiary/aromatic N) is 1. The maximum Gasteiger partial charge on any atom is 0.261 e. The summed E-state index contributed by atoms with van der Waals surface area (Å²) in [6, 6.07) is 17.3. The number of rotatable bonds is 3. The zero-order valence-corrected chi connectivity index (χ0v) is 14.0. The van der Waals surface area contributed by atoms with Gasteiger partial charge >= 0.3 is 0 Å². The smallest absolute Gasteiger partial charge is 0.261 e. The fourth-order valence-electron chi connectivity index (χ4n) is 2.99. The van der Waals surface area contributed by atoms with Crippen molar-refractivity contribution in [1.82, 2.24) is 4.90 Å². The molecular formula is C18H19NO2Si. The summed E-state index contributed by atoms with van der Waals surface area (Å²) in [4.78, 5) is 26.8. The van der Waals surface area contributed by atoms with E-state index >= 15 is 0 Å². The molecule has 2 aromatic rings. The number of hydrogen-bond acceptors (Lipinski definition) is 2. The molecule has 0 spiro atoms. The van der Waals surface area contributed by atoms with Crippen molar-refractivity contribution in [1.29, 1.82) is 0 Å². The number of carbonyl (C=O) groups excluding carboxylic acids is 2. The first kappa shape index (κ1) is 14.7. The summed E-state index contributed by atoms with van der Waals surface area (Å²) in [7, 11) is -1.99. The Bertz CT molecular complexity index is 705. The molecule has 0 saturated carbocycles. The topological polar surface area (TPSA) is 37.4 Å². The number of imide groups is 1. The van der Waals surface area contributed by atoms with E-state index in [9.17, 15) is 9.59 Å². The molecule has 112 valence electrons. The first-order valence-electron chi connectivity index (χ1n) is 7.47. The summed E-state index contributed by atoms with van der Waals surface area (Å²) in [6.45, 7) is 6.41. The molecule has 0 aromatic heterocycles. The van der Waals surface area contributed by atoms with E-state index in [0.717, 1.165) is 0 Å². The Morgan fingerprint density at radius 2 is 1.27 bits per heavy atom. The number of carbonyl (C=O) groups is 2. The van der Waals surface area contributed by atoms with Gasteiger partial charge in [0.05, 0.1) is 11.1 Å². The number of fused-ring (bicyclic) bond motifs is 1. The van der Waals surface area contributed by atoms with Crippen molar-refractivity contribution in [2.24, 2.45) is 0 Å². The SMILES string of the molecule is CC(N1C(=O)c2ccccc2C1=O)[Si](C)(C)c1ccccc1. The van der Waals surface area contributed by atoms with Gasteiger partial charge in [-0.25, -0.2) is 0 Å². The monoisotopic (exact) mass is 309 g/mol. The van der Waals surface area contributed by atoms with Crippen LogP contribution in [0.15, 0.2) is 54.6 Å². The van der Waals surface area contributed by atoms with E-state index in [-0.39, 0.29) is 17.5 Å². The molecule has 0 bridgehead atoms. The highest BCUT2D eigenvalue weighted by Crippen LogP contribution is 2.27. The molecule has 22 heavy (non-hydrogen) atoms. The van der Waals surface area contributed by atoms with E-state index in [1.54, 1.807) is 24.3 Å². The van der Waals surface area contributed by atoms with Gasteiger partial charge in [0, 0.05) is 5.67 Å². The number of amides is 2. The molecule has 0 fully saturated rings. The molecular weight excluding hydrogens is 290 g/mol. The molecule has 3 nitrogen and oxygen atoms in total. The average molecular weight is 309 g/mol. The summed E-state index contributed by atoms with van der Waals surface area (Å²) in [5.41, 5.74) is 0.955. The molecule has 1 atom stereocenters. The van der Waals surface area contributed by atoms with Gasteiger partial charge in [-0.15, -0.1) is 0 Å². The lowest BCUT2D eigenvalue weighted by Gasteiger charge is -2.35. The Balaban J connectivity index is 1.99. The van der Waals surface area contributed by atoms with Crippen LogP contribution in [0.3, 0.4) is 0 Å². The van der Waals surface area contributed by atoms with E-state index in [2.05, 4.69) is 25.2 Å². The van der Waals surface area contributed by atoms with Gasteiger partial charge in [-0.2, -0.15) is 0 Å². The van der Waals surface area contributed by atoms with Crippen molar-refractivity contribution in [2.75, 3.05) is 0 Å². The lowest BCUT2D eigenvalue weighted by molar-refractivity contribution is 0.0637. The third kappa shape index (κ3) is 2.11. The number of benzene rings is 2. The molecule has 0 saturated heterocycles. The van der Waals surface area contributed by atoms with Crippen molar-refractivity contribution in [3.8, 4) is 0 Å². The highest BCUT2D eigenvalue weighted by atomic mass is 28.3. The van der Waals surface area contributed by atoms with Gasteiger partial charge in [0.2, 0.25) is 0 Å². The highest BCUT2D eigenvalue weighted by molar-refractivity contribution is 6.91. The fraction of sp³-hybridized carbons (Fsp3) is 0.222. The summed E-state index contributed by atoms with van der Waals surface area (Å²) in [6.07, 6.45) is 0. The van der Waals surface area contributed by atoms with Gasteiger partial charge in [-0.1, -0.05) is 60.7 Å². The van der Waals surface area contributed by atoms with Gasteiger partial charge in [0.25, 0.3) is 11.8 Å². The van der Waals surface area contributed by atoms with Crippen molar-refractivity contribution < 1.29 is 9.59 Å². The summed E-state index contributed by atoms with van der Waals surface area (Å²) in [5, 5.41) is 1.25. The average Bonchev–Trinajstić information content (AvgIpc) is 2.79. The minimum atomic E-state index is -1.99. The first-order chi connectivity index (χ1) is 10.4. The van der Waals surface area contributed by atoms with Crippen LogP contribution in [0.1, 0.15) is 27.6 Å². The van der Waals surface area contributed by atoms with Crippen LogP contribution in [-0.2, 0) is 0 Å². The zero-order valence-electron chi connectivity index (χ0n) is 13.0. The molecule has 3 rings (SSSR count). The second-order valence-corrected chi connectivity index (χ2v) is 11.1. The predicted octanol–water partition coefficient (Wildman–Crippen LogP) is 2.83. The van der Waals surface area contributed by atoms with Gasteiger partial charge in [-0.05, 0) is 19.1 Å². The standard InChI is InChI=1S/C18H19NO2Si/c1-13(22(2,3)14-9-5-4-6-10-14)19-17(20)15-11-7-8-12-16(15)18(19)21/h4-13H,1-3H3. The fourth-order valence-corrected chi connectivity index (χ4v) is 5.41. The van der Waals surface area contributed by atoms with Gasteiger partial charge in [0.1, 0.15) is 8.07 Å². The van der Waals surface area contributed by atoms with Gasteiger partial charge < -0.3 is 0 Å². The van der Waals surface area contributed by atoms with Crippen LogP contribution >= 0.6 is 0 Å². The molecule has 2 amide bonds. The molecule has 4 heteroatoms. The van der Waals surface area contributed by atoms with Crippen molar-refractivity contribution >= 4 is 25.1 Å².